The molecule has 1 aliphatic heterocycles. The number of nitrogens with zero attached hydrogens (tertiary/aromatic N) is 3. The van der Waals surface area contributed by atoms with E-state index in [9.17, 15) is 4.79 Å². The fourth-order valence-electron chi connectivity index (χ4n) is 2.42. The van der Waals surface area contributed by atoms with Gasteiger partial charge in [-0.25, -0.2) is 0 Å². The zero-order valence-corrected chi connectivity index (χ0v) is 11.9. The van der Waals surface area contributed by atoms with Gasteiger partial charge in [-0.05, 0) is 12.5 Å². The minimum absolute atomic E-state index is 0.0527. The van der Waals surface area contributed by atoms with Gasteiger partial charge in [-0.1, -0.05) is 35.0 Å². The second-order valence-corrected chi connectivity index (χ2v) is 5.13. The fraction of sp³-hybridized carbons (Fsp3) is 0.400. The van der Waals surface area contributed by atoms with Crippen LogP contribution in [-0.4, -0.2) is 40.7 Å². The van der Waals surface area contributed by atoms with E-state index < -0.39 is 0 Å². The van der Waals surface area contributed by atoms with Gasteiger partial charge in [-0.3, -0.25) is 4.79 Å². The number of amides is 1. The number of ether oxygens (including phenoxy) is 1. The Labute approximate surface area is 122 Å². The molecule has 3 rings (SSSR count). The van der Waals surface area contributed by atoms with Crippen molar-refractivity contribution in [2.24, 2.45) is 0 Å². The number of morpholine rings is 1. The molecule has 2 aromatic rings. The molecular weight excluding hydrogens is 270 g/mol. The maximum atomic E-state index is 12.5. The van der Waals surface area contributed by atoms with Crippen molar-refractivity contribution in [3.63, 3.8) is 0 Å². The Bertz CT molecular complexity index is 595. The first-order valence-electron chi connectivity index (χ1n) is 6.93. The zero-order valence-electron chi connectivity index (χ0n) is 11.9. The van der Waals surface area contributed by atoms with Crippen LogP contribution in [0.3, 0.4) is 0 Å². The largest absolute Gasteiger partial charge is 0.377 e. The molecule has 1 aromatic heterocycles. The van der Waals surface area contributed by atoms with Crippen LogP contribution < -0.4 is 0 Å². The predicted molar refractivity (Wildman–Crippen MR) is 74.5 cm³/mol. The van der Waals surface area contributed by atoms with Crippen molar-refractivity contribution < 1.29 is 14.1 Å². The van der Waals surface area contributed by atoms with Crippen molar-refractivity contribution in [1.82, 2.24) is 15.0 Å². The molecular formula is C15H17N3O3. The van der Waals surface area contributed by atoms with Crippen molar-refractivity contribution >= 4 is 5.91 Å². The topological polar surface area (TPSA) is 68.5 Å². The minimum Gasteiger partial charge on any atom is -0.377 e. The molecule has 1 fully saturated rings. The molecule has 0 unspecified atom stereocenters. The summed E-state index contributed by atoms with van der Waals surface area (Å²) < 4.78 is 10.2. The van der Waals surface area contributed by atoms with Gasteiger partial charge in [0.15, 0.2) is 5.82 Å². The molecule has 6 heteroatoms. The van der Waals surface area contributed by atoms with E-state index >= 15 is 0 Å². The highest BCUT2D eigenvalue weighted by Crippen LogP contribution is 2.22. The summed E-state index contributed by atoms with van der Waals surface area (Å²) >= 11 is 0. The number of carbonyl (C=O) groups excluding carboxylic acids is 1. The van der Waals surface area contributed by atoms with Gasteiger partial charge in [0.25, 0.3) is 0 Å². The second-order valence-electron chi connectivity index (χ2n) is 5.13. The van der Waals surface area contributed by atoms with E-state index in [1.165, 1.54) is 12.0 Å². The maximum absolute atomic E-state index is 12.5. The van der Waals surface area contributed by atoms with Crippen LogP contribution in [0.1, 0.15) is 23.0 Å². The first-order chi connectivity index (χ1) is 10.2. The highest BCUT2D eigenvalue weighted by atomic mass is 16.5. The van der Waals surface area contributed by atoms with Crippen LogP contribution in [0.5, 0.6) is 0 Å². The first kappa shape index (κ1) is 13.8. The normalized spacial score (nSPS) is 18.7. The number of hydrogen-bond donors (Lipinski definition) is 0. The van der Waals surface area contributed by atoms with Gasteiger partial charge in [-0.2, -0.15) is 4.98 Å². The molecule has 1 aliphatic rings. The molecule has 6 nitrogen and oxygen atoms in total. The summed E-state index contributed by atoms with van der Waals surface area (Å²) in [5.74, 6) is 0.545. The molecule has 2 heterocycles. The molecule has 0 spiro atoms. The summed E-state index contributed by atoms with van der Waals surface area (Å²) in [6, 6.07) is 7.72. The molecule has 0 radical (unpaired) electrons. The van der Waals surface area contributed by atoms with Crippen LogP contribution in [0, 0.1) is 6.92 Å². The molecule has 1 amide bonds. The van der Waals surface area contributed by atoms with Crippen LogP contribution in [0.15, 0.2) is 35.2 Å². The van der Waals surface area contributed by atoms with E-state index in [2.05, 4.69) is 10.1 Å². The summed E-state index contributed by atoms with van der Waals surface area (Å²) in [7, 11) is 0. The van der Waals surface area contributed by atoms with Crippen molar-refractivity contribution in [2.45, 2.75) is 19.4 Å². The lowest BCUT2D eigenvalue weighted by Crippen LogP contribution is -2.44. The lowest BCUT2D eigenvalue weighted by molar-refractivity contribution is -0.139. The van der Waals surface area contributed by atoms with Gasteiger partial charge in [0.05, 0.1) is 19.6 Å². The summed E-state index contributed by atoms with van der Waals surface area (Å²) in [4.78, 5) is 18.4. The molecule has 1 atom stereocenters. The van der Waals surface area contributed by atoms with Gasteiger partial charge < -0.3 is 14.2 Å². The Morgan fingerprint density at radius 3 is 2.90 bits per heavy atom. The van der Waals surface area contributed by atoms with Gasteiger partial charge in [0, 0.05) is 6.54 Å². The molecule has 1 saturated heterocycles. The van der Waals surface area contributed by atoms with Crippen molar-refractivity contribution in [3.05, 3.63) is 47.6 Å². The first-order valence-corrected chi connectivity index (χ1v) is 6.93. The van der Waals surface area contributed by atoms with Gasteiger partial charge in [0.2, 0.25) is 12.3 Å². The Morgan fingerprint density at radius 1 is 1.38 bits per heavy atom. The van der Waals surface area contributed by atoms with Gasteiger partial charge >= 0.3 is 0 Å². The van der Waals surface area contributed by atoms with E-state index in [1.807, 2.05) is 31.2 Å². The van der Waals surface area contributed by atoms with Crippen molar-refractivity contribution in [2.75, 3.05) is 19.8 Å². The molecule has 0 N–H and O–H groups in total. The highest BCUT2D eigenvalue weighted by Gasteiger charge is 2.31. The predicted octanol–water partition coefficient (Wildman–Crippen LogP) is 1.52. The smallest absolute Gasteiger partial charge is 0.227 e. The maximum Gasteiger partial charge on any atom is 0.227 e. The zero-order chi connectivity index (χ0) is 14.7. The fourth-order valence-corrected chi connectivity index (χ4v) is 2.42. The quantitative estimate of drug-likeness (QED) is 0.856. The summed E-state index contributed by atoms with van der Waals surface area (Å²) in [6.45, 7) is 3.51. The lowest BCUT2D eigenvalue weighted by Gasteiger charge is -2.33. The Balaban J connectivity index is 1.73. The number of carbonyl (C=O) groups is 1. The van der Waals surface area contributed by atoms with Crippen LogP contribution in [0.2, 0.25) is 0 Å². The van der Waals surface area contributed by atoms with Crippen LogP contribution in [0.4, 0.5) is 0 Å². The molecule has 0 aliphatic carbocycles. The molecule has 0 bridgehead atoms. The average Bonchev–Trinajstić information content (AvgIpc) is 3.04. The SMILES string of the molecule is Cc1ccc(CC(=O)N2CCOC[C@H]2c2ncon2)cc1. The monoisotopic (exact) mass is 287 g/mol. The third-order valence-corrected chi connectivity index (χ3v) is 3.60. The molecule has 1 aromatic carbocycles. The van der Waals surface area contributed by atoms with E-state index in [-0.39, 0.29) is 11.9 Å². The van der Waals surface area contributed by atoms with Crippen molar-refractivity contribution in [3.8, 4) is 0 Å². The summed E-state index contributed by atoms with van der Waals surface area (Å²) in [6.07, 6.45) is 1.64. The third-order valence-electron chi connectivity index (χ3n) is 3.60. The number of rotatable bonds is 3. The number of aryl methyl sites for hydroxylation is 1. The third kappa shape index (κ3) is 3.11. The summed E-state index contributed by atoms with van der Waals surface area (Å²) in [5, 5.41) is 3.83. The minimum atomic E-state index is -0.268. The Hall–Kier alpha value is -2.21. The van der Waals surface area contributed by atoms with E-state index in [1.54, 1.807) is 4.90 Å². The van der Waals surface area contributed by atoms with Gasteiger partial charge in [0.1, 0.15) is 6.04 Å². The van der Waals surface area contributed by atoms with E-state index in [0.717, 1.165) is 5.56 Å². The number of hydrogen-bond acceptors (Lipinski definition) is 5. The second kappa shape index (κ2) is 6.05. The van der Waals surface area contributed by atoms with E-state index in [0.29, 0.717) is 32.0 Å². The van der Waals surface area contributed by atoms with Crippen molar-refractivity contribution in [1.29, 1.82) is 0 Å². The Kier molecular flexibility index (Phi) is 3.96. The summed E-state index contributed by atoms with van der Waals surface area (Å²) in [5.41, 5.74) is 2.19. The van der Waals surface area contributed by atoms with Gasteiger partial charge in [-0.15, -0.1) is 0 Å². The molecule has 110 valence electrons. The average molecular weight is 287 g/mol. The number of aromatic nitrogens is 2. The highest BCUT2D eigenvalue weighted by molar-refractivity contribution is 5.79. The molecule has 21 heavy (non-hydrogen) atoms. The van der Waals surface area contributed by atoms with Crippen LogP contribution in [-0.2, 0) is 16.0 Å². The Morgan fingerprint density at radius 2 is 2.19 bits per heavy atom. The van der Waals surface area contributed by atoms with Crippen LogP contribution in [0.25, 0.3) is 0 Å². The van der Waals surface area contributed by atoms with E-state index in [4.69, 9.17) is 9.26 Å². The standard InChI is InChI=1S/C15H17N3O3/c1-11-2-4-12(5-3-11)8-14(19)18-6-7-20-9-13(18)15-16-10-21-17-15/h2-5,10,13H,6-9H2,1H3/t13-/m0/s1. The molecule has 0 saturated carbocycles. The lowest BCUT2D eigenvalue weighted by atomic mass is 10.1. The van der Waals surface area contributed by atoms with Crippen LogP contribution >= 0.6 is 0 Å². The number of benzene rings is 1.